The highest BCUT2D eigenvalue weighted by Crippen LogP contribution is 2.20. The first-order valence-electron chi connectivity index (χ1n) is 4.81. The van der Waals surface area contributed by atoms with Crippen molar-refractivity contribution in [1.82, 2.24) is 10.0 Å². The molecular formula is C9H16N2O3S. The zero-order valence-corrected chi connectivity index (χ0v) is 9.51. The molecule has 0 saturated carbocycles. The highest BCUT2D eigenvalue weighted by Gasteiger charge is 2.36. The van der Waals surface area contributed by atoms with Gasteiger partial charge in [-0.2, -0.15) is 0 Å². The van der Waals surface area contributed by atoms with Gasteiger partial charge in [0.15, 0.2) is 0 Å². The van der Waals surface area contributed by atoms with E-state index in [1.165, 1.54) is 6.92 Å². The van der Waals surface area contributed by atoms with Crippen LogP contribution in [-0.2, 0) is 14.8 Å². The van der Waals surface area contributed by atoms with Gasteiger partial charge in [-0.1, -0.05) is 6.08 Å². The predicted octanol–water partition coefficient (Wildman–Crippen LogP) is -0.384. The first kappa shape index (κ1) is 12.2. The minimum Gasteiger partial charge on any atom is -0.315 e. The van der Waals surface area contributed by atoms with Gasteiger partial charge in [-0.05, 0) is 18.9 Å². The number of hydrogen-bond donors (Lipinski definition) is 2. The summed E-state index contributed by atoms with van der Waals surface area (Å²) in [4.78, 5) is 10.7. The zero-order chi connectivity index (χ0) is 11.5. The molecule has 0 aromatic rings. The summed E-state index contributed by atoms with van der Waals surface area (Å²) in [6.45, 7) is 5.83. The van der Waals surface area contributed by atoms with Gasteiger partial charge in [0, 0.05) is 13.5 Å². The summed E-state index contributed by atoms with van der Waals surface area (Å²) in [5.41, 5.74) is 0. The smallest absolute Gasteiger partial charge is 0.239 e. The maximum absolute atomic E-state index is 11.7. The van der Waals surface area contributed by atoms with E-state index >= 15 is 0 Å². The van der Waals surface area contributed by atoms with Crippen molar-refractivity contribution in [2.75, 3.05) is 13.1 Å². The Morgan fingerprint density at radius 2 is 2.27 bits per heavy atom. The summed E-state index contributed by atoms with van der Waals surface area (Å²) in [5, 5.41) is 2.47. The number of sulfonamides is 1. The molecule has 0 spiro atoms. The van der Waals surface area contributed by atoms with Crippen molar-refractivity contribution in [1.29, 1.82) is 0 Å². The number of carbonyl (C=O) groups excluding carboxylic acids is 1. The Hall–Kier alpha value is -0.880. The molecule has 1 amide bonds. The molecule has 1 rings (SSSR count). The van der Waals surface area contributed by atoms with Gasteiger partial charge in [0.25, 0.3) is 0 Å². The van der Waals surface area contributed by atoms with Crippen LogP contribution in [0.1, 0.15) is 13.3 Å². The first-order chi connectivity index (χ1) is 6.97. The largest absolute Gasteiger partial charge is 0.315 e. The van der Waals surface area contributed by atoms with Crippen molar-refractivity contribution in [3.63, 3.8) is 0 Å². The van der Waals surface area contributed by atoms with Gasteiger partial charge >= 0.3 is 0 Å². The van der Waals surface area contributed by atoms with Crippen LogP contribution in [-0.4, -0.2) is 32.7 Å². The van der Waals surface area contributed by atoms with Crippen molar-refractivity contribution in [2.24, 2.45) is 5.92 Å². The lowest BCUT2D eigenvalue weighted by molar-refractivity contribution is -0.117. The number of nitrogens with one attached hydrogen (secondary N) is 2. The number of carbonyl (C=O) groups is 1. The maximum Gasteiger partial charge on any atom is 0.239 e. The lowest BCUT2D eigenvalue weighted by Gasteiger charge is -2.17. The molecule has 2 atom stereocenters. The average molecular weight is 232 g/mol. The van der Waals surface area contributed by atoms with Crippen molar-refractivity contribution in [3.8, 4) is 0 Å². The van der Waals surface area contributed by atoms with Crippen molar-refractivity contribution in [3.05, 3.63) is 12.7 Å². The monoisotopic (exact) mass is 232 g/mol. The lowest BCUT2D eigenvalue weighted by atomic mass is 10.1. The second kappa shape index (κ2) is 4.76. The summed E-state index contributed by atoms with van der Waals surface area (Å²) >= 11 is 0. The molecule has 0 bridgehead atoms. The third-order valence-electron chi connectivity index (χ3n) is 2.43. The second-order valence-electron chi connectivity index (χ2n) is 3.68. The number of amides is 1. The predicted molar refractivity (Wildman–Crippen MR) is 57.7 cm³/mol. The minimum atomic E-state index is -3.54. The standard InChI is InChI=1S/C9H16N2O3S/c1-3-4-8-5-10-6-9(8)15(13,14)11-7(2)12/h3,8-10H,1,4-6H2,2H3,(H,11,12). The summed E-state index contributed by atoms with van der Waals surface area (Å²) < 4.78 is 25.5. The first-order valence-corrected chi connectivity index (χ1v) is 6.36. The van der Waals surface area contributed by atoms with E-state index in [4.69, 9.17) is 0 Å². The van der Waals surface area contributed by atoms with Gasteiger partial charge in [-0.15, -0.1) is 6.58 Å². The Morgan fingerprint density at radius 1 is 1.60 bits per heavy atom. The SMILES string of the molecule is C=CCC1CNCC1S(=O)(=O)NC(C)=O. The average Bonchev–Trinajstić information content (AvgIpc) is 2.51. The van der Waals surface area contributed by atoms with Gasteiger partial charge in [-0.3, -0.25) is 9.52 Å². The van der Waals surface area contributed by atoms with Crippen LogP contribution >= 0.6 is 0 Å². The normalized spacial score (nSPS) is 26.2. The van der Waals surface area contributed by atoms with Gasteiger partial charge in [0.2, 0.25) is 15.9 Å². The third kappa shape index (κ3) is 3.04. The molecule has 2 N–H and O–H groups in total. The Bertz CT molecular complexity index is 350. The molecule has 0 aromatic carbocycles. The van der Waals surface area contributed by atoms with E-state index in [2.05, 4.69) is 11.9 Å². The van der Waals surface area contributed by atoms with Gasteiger partial charge in [-0.25, -0.2) is 8.42 Å². The molecule has 1 fully saturated rings. The van der Waals surface area contributed by atoms with Crippen LogP contribution in [0.4, 0.5) is 0 Å². The Balaban J connectivity index is 2.77. The zero-order valence-electron chi connectivity index (χ0n) is 8.69. The van der Waals surface area contributed by atoms with E-state index in [0.717, 1.165) is 0 Å². The molecule has 15 heavy (non-hydrogen) atoms. The minimum absolute atomic E-state index is 0.000602. The number of rotatable bonds is 4. The molecule has 0 aliphatic carbocycles. The van der Waals surface area contributed by atoms with Crippen LogP contribution in [0, 0.1) is 5.92 Å². The number of hydrogen-bond acceptors (Lipinski definition) is 4. The maximum atomic E-state index is 11.7. The fourth-order valence-electron chi connectivity index (χ4n) is 1.80. The van der Waals surface area contributed by atoms with Gasteiger partial charge < -0.3 is 5.32 Å². The van der Waals surface area contributed by atoms with Crippen LogP contribution in [0.3, 0.4) is 0 Å². The van der Waals surface area contributed by atoms with E-state index in [-0.39, 0.29) is 5.92 Å². The molecule has 2 unspecified atom stereocenters. The van der Waals surface area contributed by atoms with Gasteiger partial charge in [0.1, 0.15) is 0 Å². The molecule has 5 nitrogen and oxygen atoms in total. The summed E-state index contributed by atoms with van der Waals surface area (Å²) in [5.74, 6) is -0.543. The summed E-state index contributed by atoms with van der Waals surface area (Å²) in [6.07, 6.45) is 2.34. The summed E-state index contributed by atoms with van der Waals surface area (Å²) in [7, 11) is -3.54. The molecule has 1 aliphatic rings. The van der Waals surface area contributed by atoms with Crippen LogP contribution in [0.5, 0.6) is 0 Å². The van der Waals surface area contributed by atoms with Crippen LogP contribution < -0.4 is 10.0 Å². The topological polar surface area (TPSA) is 75.3 Å². The summed E-state index contributed by atoms with van der Waals surface area (Å²) in [6, 6.07) is 0. The van der Waals surface area contributed by atoms with Crippen molar-refractivity contribution < 1.29 is 13.2 Å². The molecule has 0 radical (unpaired) electrons. The molecule has 86 valence electrons. The van der Waals surface area contributed by atoms with Crippen molar-refractivity contribution >= 4 is 15.9 Å². The second-order valence-corrected chi connectivity index (χ2v) is 5.58. The lowest BCUT2D eigenvalue weighted by Crippen LogP contribution is -2.41. The molecule has 0 aromatic heterocycles. The van der Waals surface area contributed by atoms with E-state index in [0.29, 0.717) is 19.5 Å². The fraction of sp³-hybridized carbons (Fsp3) is 0.667. The van der Waals surface area contributed by atoms with Gasteiger partial charge in [0.05, 0.1) is 5.25 Å². The Kier molecular flexibility index (Phi) is 3.87. The molecule has 1 aliphatic heterocycles. The highest BCUT2D eigenvalue weighted by molar-refractivity contribution is 7.90. The molecule has 1 heterocycles. The van der Waals surface area contributed by atoms with E-state index in [1.807, 2.05) is 4.72 Å². The van der Waals surface area contributed by atoms with E-state index in [1.54, 1.807) is 6.08 Å². The molecule has 1 saturated heterocycles. The molecular weight excluding hydrogens is 216 g/mol. The Morgan fingerprint density at radius 3 is 2.80 bits per heavy atom. The van der Waals surface area contributed by atoms with Crippen LogP contribution in [0.15, 0.2) is 12.7 Å². The van der Waals surface area contributed by atoms with Crippen LogP contribution in [0.2, 0.25) is 0 Å². The molecule has 6 heteroatoms. The highest BCUT2D eigenvalue weighted by atomic mass is 32.2. The fourth-order valence-corrected chi connectivity index (χ4v) is 3.40. The van der Waals surface area contributed by atoms with Crippen molar-refractivity contribution in [2.45, 2.75) is 18.6 Å². The van der Waals surface area contributed by atoms with Crippen LogP contribution in [0.25, 0.3) is 0 Å². The third-order valence-corrected chi connectivity index (χ3v) is 4.35. The van der Waals surface area contributed by atoms with E-state index < -0.39 is 21.2 Å². The quantitative estimate of drug-likeness (QED) is 0.648. The van der Waals surface area contributed by atoms with E-state index in [9.17, 15) is 13.2 Å². The Labute approximate surface area is 90.0 Å². The number of allylic oxidation sites excluding steroid dienone is 1.